The van der Waals surface area contributed by atoms with Gasteiger partial charge in [-0.15, -0.1) is 0 Å². The van der Waals surface area contributed by atoms with E-state index in [1.807, 2.05) is 49.5 Å². The number of aryl methyl sites for hydroxylation is 1. The number of hydrogen-bond donors (Lipinski definition) is 1. The Balaban J connectivity index is 1.48. The predicted molar refractivity (Wildman–Crippen MR) is 123 cm³/mol. The summed E-state index contributed by atoms with van der Waals surface area (Å²) in [4.78, 5) is 21.4. The van der Waals surface area contributed by atoms with E-state index in [4.69, 9.17) is 4.74 Å². The number of benzene rings is 1. The van der Waals surface area contributed by atoms with Gasteiger partial charge in [-0.25, -0.2) is 23.6 Å². The summed E-state index contributed by atoms with van der Waals surface area (Å²) in [5, 5.41) is 11.4. The maximum absolute atomic E-state index is 14.2. The maximum Gasteiger partial charge on any atom is 0.230 e. The molecule has 34 heavy (non-hydrogen) atoms. The lowest BCUT2D eigenvalue weighted by atomic mass is 10.1. The minimum absolute atomic E-state index is 0.0527. The zero-order valence-electron chi connectivity index (χ0n) is 18.4. The molecule has 0 aliphatic rings. The number of carbonyl (C=O) groups excluding carboxylic acids is 1. The van der Waals surface area contributed by atoms with E-state index < -0.39 is 11.7 Å². The third-order valence-corrected chi connectivity index (χ3v) is 5.21. The largest absolute Gasteiger partial charge is 0.497 e. The Morgan fingerprint density at radius 1 is 1.15 bits per heavy atom. The average molecular weight is 457 g/mol. The molecule has 5 rings (SSSR count). The van der Waals surface area contributed by atoms with E-state index in [2.05, 4.69) is 25.5 Å². The molecule has 0 atom stereocenters. The number of pyridine rings is 2. The summed E-state index contributed by atoms with van der Waals surface area (Å²) in [6, 6.07) is 15.4. The van der Waals surface area contributed by atoms with Gasteiger partial charge in [0.1, 0.15) is 17.9 Å². The van der Waals surface area contributed by atoms with Gasteiger partial charge in [-0.1, -0.05) is 6.07 Å². The summed E-state index contributed by atoms with van der Waals surface area (Å²) in [6.45, 7) is 1.89. The number of nitrogens with zero attached hydrogens (tertiary/aromatic N) is 6. The van der Waals surface area contributed by atoms with Gasteiger partial charge in [0.25, 0.3) is 0 Å². The monoisotopic (exact) mass is 457 g/mol. The average Bonchev–Trinajstić information content (AvgIpc) is 3.47. The molecule has 0 saturated carbocycles. The zero-order valence-corrected chi connectivity index (χ0v) is 18.4. The fourth-order valence-corrected chi connectivity index (χ4v) is 3.59. The quantitative estimate of drug-likeness (QED) is 0.418. The van der Waals surface area contributed by atoms with Crippen molar-refractivity contribution >= 4 is 17.2 Å². The summed E-state index contributed by atoms with van der Waals surface area (Å²) < 4.78 is 22.6. The fourth-order valence-electron chi connectivity index (χ4n) is 3.59. The Morgan fingerprint density at radius 3 is 2.82 bits per heavy atom. The first kappa shape index (κ1) is 21.3. The van der Waals surface area contributed by atoms with Crippen molar-refractivity contribution in [2.75, 3.05) is 12.4 Å². The summed E-state index contributed by atoms with van der Waals surface area (Å²) in [5.74, 6) is 0.00337. The molecule has 0 radical (unpaired) electrons. The van der Waals surface area contributed by atoms with E-state index in [1.54, 1.807) is 15.3 Å². The van der Waals surface area contributed by atoms with Crippen molar-refractivity contribution < 1.29 is 13.9 Å². The first-order chi connectivity index (χ1) is 16.5. The predicted octanol–water partition coefficient (Wildman–Crippen LogP) is 3.61. The molecule has 0 unspecified atom stereocenters. The molecule has 4 aromatic heterocycles. The van der Waals surface area contributed by atoms with Gasteiger partial charge in [0, 0.05) is 23.5 Å². The Kier molecular flexibility index (Phi) is 5.46. The van der Waals surface area contributed by atoms with Gasteiger partial charge in [-0.3, -0.25) is 4.79 Å². The number of nitrogens with one attached hydrogen (secondary N) is 1. The first-order valence-electron chi connectivity index (χ1n) is 10.5. The lowest BCUT2D eigenvalue weighted by Gasteiger charge is -2.08. The highest BCUT2D eigenvalue weighted by atomic mass is 19.1. The number of carbonyl (C=O) groups is 1. The minimum atomic E-state index is -0.580. The van der Waals surface area contributed by atoms with E-state index in [0.717, 1.165) is 17.0 Å². The van der Waals surface area contributed by atoms with E-state index in [0.29, 0.717) is 22.9 Å². The highest BCUT2D eigenvalue weighted by molar-refractivity contribution is 5.92. The summed E-state index contributed by atoms with van der Waals surface area (Å²) >= 11 is 0. The first-order valence-corrected chi connectivity index (χ1v) is 10.5. The van der Waals surface area contributed by atoms with Crippen LogP contribution in [0.1, 0.15) is 11.4 Å². The molecule has 4 heterocycles. The molecule has 1 amide bonds. The van der Waals surface area contributed by atoms with Crippen LogP contribution in [-0.4, -0.2) is 42.4 Å². The molecule has 0 saturated heterocycles. The molecule has 0 aliphatic heterocycles. The van der Waals surface area contributed by atoms with Crippen molar-refractivity contribution in [1.29, 1.82) is 0 Å². The molecule has 9 nitrogen and oxygen atoms in total. The third kappa shape index (κ3) is 4.20. The van der Waals surface area contributed by atoms with Crippen LogP contribution in [0, 0.1) is 12.7 Å². The van der Waals surface area contributed by atoms with E-state index in [9.17, 15) is 9.18 Å². The zero-order chi connectivity index (χ0) is 23.7. The molecule has 0 fully saturated rings. The van der Waals surface area contributed by atoms with Crippen LogP contribution < -0.4 is 10.1 Å². The molecular formula is C24H20FN7O2. The van der Waals surface area contributed by atoms with Crippen molar-refractivity contribution in [2.24, 2.45) is 0 Å². The molecule has 0 spiro atoms. The minimum Gasteiger partial charge on any atom is -0.497 e. The lowest BCUT2D eigenvalue weighted by Crippen LogP contribution is -2.16. The van der Waals surface area contributed by atoms with E-state index in [1.165, 1.54) is 25.6 Å². The standard InChI is InChI=1S/C24H20FN7O2/c1-15-4-3-5-23(28-15)32-21(16-6-9-22-26-14-27-31(22)13-16)10-17(30-32)11-24(33)29-20-8-7-18(34-2)12-19(20)25/h3-10,12-14H,11H2,1-2H3,(H,29,33). The van der Waals surface area contributed by atoms with Crippen LogP contribution >= 0.6 is 0 Å². The second kappa shape index (κ2) is 8.74. The van der Waals surface area contributed by atoms with Gasteiger partial charge in [0.15, 0.2) is 11.5 Å². The van der Waals surface area contributed by atoms with Gasteiger partial charge in [0.05, 0.1) is 30.6 Å². The molecule has 0 aliphatic carbocycles. The normalized spacial score (nSPS) is 11.0. The van der Waals surface area contributed by atoms with Crippen LogP contribution in [0.5, 0.6) is 5.75 Å². The summed E-state index contributed by atoms with van der Waals surface area (Å²) in [7, 11) is 1.45. The van der Waals surface area contributed by atoms with E-state index >= 15 is 0 Å². The SMILES string of the molecule is COc1ccc(NC(=O)Cc2cc(-c3ccc4ncnn4c3)n(-c3cccc(C)n3)n2)c(F)c1. The van der Waals surface area contributed by atoms with Crippen LogP contribution in [0.25, 0.3) is 22.7 Å². The van der Waals surface area contributed by atoms with Crippen molar-refractivity contribution in [3.8, 4) is 22.8 Å². The number of anilines is 1. The second-order valence-corrected chi connectivity index (χ2v) is 7.62. The molecule has 10 heteroatoms. The summed E-state index contributed by atoms with van der Waals surface area (Å²) in [5.41, 5.74) is 3.67. The van der Waals surface area contributed by atoms with Crippen LogP contribution in [0.3, 0.4) is 0 Å². The smallest absolute Gasteiger partial charge is 0.230 e. The van der Waals surface area contributed by atoms with E-state index in [-0.39, 0.29) is 12.1 Å². The van der Waals surface area contributed by atoms with Crippen molar-refractivity contribution in [2.45, 2.75) is 13.3 Å². The highest BCUT2D eigenvalue weighted by Crippen LogP contribution is 2.25. The van der Waals surface area contributed by atoms with Gasteiger partial charge in [-0.05, 0) is 49.4 Å². The number of halogens is 1. The van der Waals surface area contributed by atoms with Crippen LogP contribution in [0.15, 0.2) is 67.1 Å². The number of methoxy groups -OCH3 is 1. The Morgan fingerprint density at radius 2 is 2.03 bits per heavy atom. The number of amides is 1. The van der Waals surface area contributed by atoms with Gasteiger partial charge in [0.2, 0.25) is 5.91 Å². The lowest BCUT2D eigenvalue weighted by molar-refractivity contribution is -0.115. The van der Waals surface area contributed by atoms with Crippen LogP contribution in [-0.2, 0) is 11.2 Å². The van der Waals surface area contributed by atoms with Crippen LogP contribution in [0.4, 0.5) is 10.1 Å². The number of fused-ring (bicyclic) bond motifs is 1. The number of aromatic nitrogens is 6. The fraction of sp³-hybridized carbons (Fsp3) is 0.125. The highest BCUT2D eigenvalue weighted by Gasteiger charge is 2.17. The molecular weight excluding hydrogens is 437 g/mol. The molecule has 0 bridgehead atoms. The summed E-state index contributed by atoms with van der Waals surface area (Å²) in [6.07, 6.45) is 3.26. The number of rotatable bonds is 6. The Labute approximate surface area is 193 Å². The van der Waals surface area contributed by atoms with Crippen LogP contribution in [0.2, 0.25) is 0 Å². The van der Waals surface area contributed by atoms with Gasteiger partial charge >= 0.3 is 0 Å². The number of ether oxygens (including phenoxy) is 1. The van der Waals surface area contributed by atoms with Crippen molar-refractivity contribution in [3.05, 3.63) is 84.3 Å². The second-order valence-electron chi connectivity index (χ2n) is 7.62. The topological polar surface area (TPSA) is 99.2 Å². The van der Waals surface area contributed by atoms with Crippen molar-refractivity contribution in [1.82, 2.24) is 29.4 Å². The number of hydrogen-bond acceptors (Lipinski definition) is 6. The van der Waals surface area contributed by atoms with Gasteiger partial charge < -0.3 is 10.1 Å². The van der Waals surface area contributed by atoms with Crippen molar-refractivity contribution in [3.63, 3.8) is 0 Å². The molecule has 170 valence electrons. The Bertz CT molecular complexity index is 1510. The maximum atomic E-state index is 14.2. The molecule has 1 N–H and O–H groups in total. The van der Waals surface area contributed by atoms with Gasteiger partial charge in [-0.2, -0.15) is 10.2 Å². The Hall–Kier alpha value is -4.60. The third-order valence-electron chi connectivity index (χ3n) is 5.21. The molecule has 5 aromatic rings. The molecule has 1 aromatic carbocycles.